The number of carbonyl (C=O) groups excluding carboxylic acids is 1. The van der Waals surface area contributed by atoms with Crippen LogP contribution in [-0.2, 0) is 22.6 Å². The van der Waals surface area contributed by atoms with Crippen molar-refractivity contribution in [1.82, 2.24) is 10.2 Å². The van der Waals surface area contributed by atoms with Crippen molar-refractivity contribution in [3.05, 3.63) is 198 Å². The van der Waals surface area contributed by atoms with Crippen molar-refractivity contribution < 1.29 is 24.1 Å². The summed E-state index contributed by atoms with van der Waals surface area (Å²) in [4.78, 5) is 15.2. The Morgan fingerprint density at radius 2 is 1.40 bits per heavy atom. The number of carbonyl (C=O) groups is 1. The average Bonchev–Trinajstić information content (AvgIpc) is 3.29. The second-order valence-corrected chi connectivity index (χ2v) is 15.6. The first-order valence-electron chi connectivity index (χ1n) is 20.6. The fourth-order valence-corrected chi connectivity index (χ4v) is 7.77. The van der Waals surface area contributed by atoms with E-state index in [2.05, 4.69) is 127 Å². The maximum absolute atomic E-state index is 12.8. The summed E-state index contributed by atoms with van der Waals surface area (Å²) in [5.74, 6) is 1.50. The average molecular weight is 798 g/mol. The molecule has 0 saturated carbocycles. The quantitative estimate of drug-likeness (QED) is 0.108. The Morgan fingerprint density at radius 3 is 2.15 bits per heavy atom. The maximum Gasteiger partial charge on any atom is 0.319 e. The number of hydrogen-bond acceptors (Lipinski definition) is 6. The van der Waals surface area contributed by atoms with Crippen LogP contribution >= 0.6 is 0 Å². The molecule has 7 aromatic carbocycles. The molecule has 7 aromatic rings. The summed E-state index contributed by atoms with van der Waals surface area (Å²) < 4.78 is 19.5. The fourth-order valence-electron chi connectivity index (χ4n) is 7.77. The van der Waals surface area contributed by atoms with Crippen LogP contribution in [-0.4, -0.2) is 35.7 Å². The molecule has 8 rings (SSSR count). The Hall–Kier alpha value is -6.29. The van der Waals surface area contributed by atoms with Gasteiger partial charge in [0.1, 0.15) is 11.5 Å². The Morgan fingerprint density at radius 1 is 0.700 bits per heavy atom. The number of benzene rings is 7. The number of ether oxygens (including phenoxy) is 3. The lowest BCUT2D eigenvalue weighted by atomic mass is 9.89. The first-order chi connectivity index (χ1) is 29.3. The molecule has 0 aromatic heterocycles. The van der Waals surface area contributed by atoms with Crippen molar-refractivity contribution >= 4 is 22.5 Å². The van der Waals surface area contributed by atoms with Gasteiger partial charge in [0.15, 0.2) is 6.29 Å². The molecule has 3 N–H and O–H groups in total. The summed E-state index contributed by atoms with van der Waals surface area (Å²) in [5.41, 5.74) is 7.86. The van der Waals surface area contributed by atoms with E-state index < -0.39 is 6.29 Å². The molecule has 2 amide bonds. The molecule has 0 radical (unpaired) electrons. The highest BCUT2D eigenvalue weighted by molar-refractivity contribution is 5.89. The van der Waals surface area contributed by atoms with Gasteiger partial charge in [0, 0.05) is 36.3 Å². The predicted molar refractivity (Wildman–Crippen MR) is 239 cm³/mol. The summed E-state index contributed by atoms with van der Waals surface area (Å²) in [6.45, 7) is 5.53. The van der Waals surface area contributed by atoms with E-state index in [9.17, 15) is 9.90 Å². The van der Waals surface area contributed by atoms with Gasteiger partial charge in [-0.2, -0.15) is 0 Å². The van der Waals surface area contributed by atoms with Gasteiger partial charge < -0.3 is 30.0 Å². The molecule has 0 bridgehead atoms. The molecule has 8 nitrogen and oxygen atoms in total. The number of nitrogens with one attached hydrogen (secondary N) is 2. The zero-order chi connectivity index (χ0) is 41.4. The minimum Gasteiger partial charge on any atom is -0.457 e. The second kappa shape index (κ2) is 18.7. The number of para-hydroxylation sites is 1. The van der Waals surface area contributed by atoms with Crippen LogP contribution in [0.2, 0.25) is 0 Å². The molecule has 1 fully saturated rings. The second-order valence-electron chi connectivity index (χ2n) is 15.6. The molecule has 0 spiro atoms. The molecule has 1 saturated heterocycles. The van der Waals surface area contributed by atoms with Gasteiger partial charge in [0.25, 0.3) is 0 Å². The number of nitrogens with zero attached hydrogens (tertiary/aromatic N) is 1. The van der Waals surface area contributed by atoms with Gasteiger partial charge in [-0.1, -0.05) is 128 Å². The molecule has 304 valence electrons. The normalized spacial score (nSPS) is 18.2. The van der Waals surface area contributed by atoms with E-state index in [1.807, 2.05) is 78.9 Å². The molecular weight excluding hydrogens is 747 g/mol. The van der Waals surface area contributed by atoms with E-state index >= 15 is 0 Å². The highest BCUT2D eigenvalue weighted by Crippen LogP contribution is 2.42. The highest BCUT2D eigenvalue weighted by Gasteiger charge is 2.39. The monoisotopic (exact) mass is 797 g/mol. The lowest BCUT2D eigenvalue weighted by molar-refractivity contribution is -0.276. The third-order valence-electron chi connectivity index (χ3n) is 11.5. The van der Waals surface area contributed by atoms with E-state index in [4.69, 9.17) is 14.2 Å². The minimum atomic E-state index is -0.575. The number of fused-ring (bicyclic) bond motifs is 1. The molecule has 1 aliphatic heterocycles. The first-order valence-corrected chi connectivity index (χ1v) is 20.6. The topological polar surface area (TPSA) is 92.3 Å². The lowest BCUT2D eigenvalue weighted by Crippen LogP contribution is -2.44. The summed E-state index contributed by atoms with van der Waals surface area (Å²) in [7, 11) is 2.16. The number of anilines is 1. The Labute approximate surface area is 352 Å². The van der Waals surface area contributed by atoms with E-state index in [-0.39, 0.29) is 36.8 Å². The first kappa shape index (κ1) is 40.5. The van der Waals surface area contributed by atoms with Crippen LogP contribution in [0.5, 0.6) is 11.5 Å². The number of urea groups is 1. The van der Waals surface area contributed by atoms with E-state index in [1.165, 1.54) is 16.3 Å². The Kier molecular flexibility index (Phi) is 12.6. The molecule has 0 unspecified atom stereocenters. The number of hydrogen-bond donors (Lipinski definition) is 3. The molecule has 60 heavy (non-hydrogen) atoms. The van der Waals surface area contributed by atoms with Gasteiger partial charge in [-0.05, 0) is 107 Å². The van der Waals surface area contributed by atoms with Crippen LogP contribution in [0.15, 0.2) is 170 Å². The van der Waals surface area contributed by atoms with Crippen LogP contribution in [0.25, 0.3) is 21.9 Å². The van der Waals surface area contributed by atoms with Crippen LogP contribution in [0.4, 0.5) is 10.5 Å². The van der Waals surface area contributed by atoms with Crippen molar-refractivity contribution in [1.29, 1.82) is 0 Å². The van der Waals surface area contributed by atoms with Gasteiger partial charge >= 0.3 is 6.03 Å². The van der Waals surface area contributed by atoms with Crippen LogP contribution in [0.3, 0.4) is 0 Å². The van der Waals surface area contributed by atoms with Crippen molar-refractivity contribution in [2.45, 2.75) is 51.5 Å². The van der Waals surface area contributed by atoms with Crippen molar-refractivity contribution in [3.63, 3.8) is 0 Å². The number of aliphatic hydroxyl groups excluding tert-OH is 1. The third-order valence-corrected chi connectivity index (χ3v) is 11.5. The number of likely N-dealkylation sites (N-methyl/N-ethyl adjacent to an activating group) is 1. The van der Waals surface area contributed by atoms with E-state index in [1.54, 1.807) is 0 Å². The largest absolute Gasteiger partial charge is 0.457 e. The zero-order valence-corrected chi connectivity index (χ0v) is 34.2. The van der Waals surface area contributed by atoms with Gasteiger partial charge in [-0.25, -0.2) is 4.79 Å². The molecule has 1 heterocycles. The van der Waals surface area contributed by atoms with Crippen LogP contribution in [0, 0.1) is 5.92 Å². The Bertz CT molecular complexity index is 2490. The maximum atomic E-state index is 12.8. The van der Waals surface area contributed by atoms with Gasteiger partial charge in [-0.3, -0.25) is 4.90 Å². The summed E-state index contributed by atoms with van der Waals surface area (Å²) in [6.07, 6.45) is -0.901. The smallest absolute Gasteiger partial charge is 0.319 e. The number of amides is 2. The highest BCUT2D eigenvalue weighted by atomic mass is 16.7. The van der Waals surface area contributed by atoms with E-state index in [0.29, 0.717) is 24.5 Å². The standard InChI is InChI=1S/C52H51N3O5/c1-35-49(33-55(3)36(2)43-25-22-39-11-7-8-12-45(39)31-43)59-51(60-50(35)41-18-16-37(34-56)17-19-41)42-23-20-40(21-24-42)44-13-9-10-38(30-44)32-53-52(57)54-46-26-28-48(29-27-46)58-47-14-5-4-6-15-47/h4-31,35-36,49-51,56H,32-34H2,1-3H3,(H2,53,54,57)/t35-,36+,49+,50+,51+/m0/s1. The van der Waals surface area contributed by atoms with Gasteiger partial charge in [-0.15, -0.1) is 0 Å². The SMILES string of the molecule is C[C@H]1[C@@H](CN(C)[C@H](C)c2ccc3ccccc3c2)O[C@@H](c2ccc(-c3cccc(CNC(=O)Nc4ccc(Oc5ccccc5)cc4)c3)cc2)O[C@H]1c1ccc(CO)cc1. The fraction of sp³-hybridized carbons (Fsp3) is 0.212. The van der Waals surface area contributed by atoms with Crippen molar-refractivity contribution in [2.24, 2.45) is 5.92 Å². The van der Waals surface area contributed by atoms with Crippen molar-refractivity contribution in [3.8, 4) is 22.6 Å². The molecule has 0 aliphatic carbocycles. The predicted octanol–water partition coefficient (Wildman–Crippen LogP) is 11.6. The molecule has 5 atom stereocenters. The zero-order valence-electron chi connectivity index (χ0n) is 34.2. The number of aliphatic hydroxyl groups is 1. The number of rotatable bonds is 13. The van der Waals surface area contributed by atoms with Crippen LogP contribution in [0.1, 0.15) is 60.1 Å². The van der Waals surface area contributed by atoms with Gasteiger partial charge in [0.2, 0.25) is 0 Å². The summed E-state index contributed by atoms with van der Waals surface area (Å²) >= 11 is 0. The lowest BCUT2D eigenvalue weighted by Gasteiger charge is -2.43. The van der Waals surface area contributed by atoms with Crippen molar-refractivity contribution in [2.75, 3.05) is 18.9 Å². The Balaban J connectivity index is 0.926. The molecule has 1 aliphatic rings. The van der Waals surface area contributed by atoms with Crippen LogP contribution < -0.4 is 15.4 Å². The summed E-state index contributed by atoms with van der Waals surface area (Å²) in [6, 6.07) is 56.5. The summed E-state index contributed by atoms with van der Waals surface area (Å²) in [5, 5.41) is 18.0. The minimum absolute atomic E-state index is 0.00408. The van der Waals surface area contributed by atoms with E-state index in [0.717, 1.165) is 39.1 Å². The van der Waals surface area contributed by atoms with Gasteiger partial charge in [0.05, 0.1) is 18.8 Å². The third kappa shape index (κ3) is 9.76. The molecule has 8 heteroatoms. The molecular formula is C52H51N3O5.